The predicted octanol–water partition coefficient (Wildman–Crippen LogP) is 5.19. The van der Waals surface area contributed by atoms with E-state index in [9.17, 15) is 14.3 Å². The van der Waals surface area contributed by atoms with Crippen molar-refractivity contribution in [2.75, 3.05) is 26.3 Å². The third kappa shape index (κ3) is 4.59. The molecular formula is C25H27FN2O3S. The van der Waals surface area contributed by atoms with E-state index in [4.69, 9.17) is 4.74 Å². The molecule has 4 rings (SSSR count). The molecule has 2 aliphatic rings. The Balaban J connectivity index is 1.62. The molecule has 2 aliphatic heterocycles. The van der Waals surface area contributed by atoms with Crippen molar-refractivity contribution in [1.29, 1.82) is 0 Å². The zero-order chi connectivity index (χ0) is 22.9. The van der Waals surface area contributed by atoms with Crippen LogP contribution in [0.15, 0.2) is 46.3 Å². The van der Waals surface area contributed by atoms with Crippen molar-refractivity contribution in [3.05, 3.63) is 58.2 Å². The van der Waals surface area contributed by atoms with E-state index in [0.29, 0.717) is 34.4 Å². The number of benzene rings is 2. The second-order valence-corrected chi connectivity index (χ2v) is 9.64. The van der Waals surface area contributed by atoms with E-state index in [1.807, 2.05) is 57.2 Å². The Hall–Kier alpha value is -2.64. The Morgan fingerprint density at radius 2 is 1.97 bits per heavy atom. The molecule has 5 nitrogen and oxygen atoms in total. The van der Waals surface area contributed by atoms with Crippen LogP contribution in [0.2, 0.25) is 0 Å². The molecular weight excluding hydrogens is 427 g/mol. The maximum absolute atomic E-state index is 14.6. The van der Waals surface area contributed by atoms with E-state index in [0.717, 1.165) is 30.6 Å². The fourth-order valence-electron chi connectivity index (χ4n) is 3.72. The highest BCUT2D eigenvalue weighted by Crippen LogP contribution is 2.39. The maximum Gasteiger partial charge on any atom is 0.286 e. The molecule has 2 heterocycles. The highest BCUT2D eigenvalue weighted by Gasteiger charge is 2.27. The Bertz CT molecular complexity index is 1100. The van der Waals surface area contributed by atoms with Crippen LogP contribution in [0.4, 0.5) is 4.39 Å². The number of hydrogen-bond donors (Lipinski definition) is 1. The first kappa shape index (κ1) is 22.6. The number of nitrogens with zero attached hydrogens (tertiary/aromatic N) is 2. The maximum atomic E-state index is 14.6. The molecule has 0 unspecified atom stereocenters. The van der Waals surface area contributed by atoms with Gasteiger partial charge >= 0.3 is 0 Å². The van der Waals surface area contributed by atoms with Crippen molar-refractivity contribution in [2.45, 2.75) is 32.6 Å². The normalized spacial score (nSPS) is 18.4. The Kier molecular flexibility index (Phi) is 6.40. The minimum absolute atomic E-state index is 0.246. The van der Waals surface area contributed by atoms with Gasteiger partial charge in [-0.3, -0.25) is 4.79 Å². The Morgan fingerprint density at radius 1 is 1.22 bits per heavy atom. The van der Waals surface area contributed by atoms with E-state index < -0.39 is 5.82 Å². The molecule has 2 aromatic rings. The number of ether oxygens (including phenoxy) is 1. The number of hydrogen-bond acceptors (Lipinski definition) is 5. The Labute approximate surface area is 192 Å². The number of aromatic hydroxyl groups is 1. The van der Waals surface area contributed by atoms with Crippen molar-refractivity contribution in [1.82, 2.24) is 4.90 Å². The zero-order valence-electron chi connectivity index (χ0n) is 18.5. The smallest absolute Gasteiger partial charge is 0.286 e. The van der Waals surface area contributed by atoms with Crippen LogP contribution in [0.25, 0.3) is 17.2 Å². The summed E-state index contributed by atoms with van der Waals surface area (Å²) in [7, 11) is 0. The number of phenols is 1. The largest absolute Gasteiger partial charge is 0.505 e. The summed E-state index contributed by atoms with van der Waals surface area (Å²) in [5.74, 6) is -1.17. The quantitative estimate of drug-likeness (QED) is 0.645. The number of aliphatic imine (C=N–C) groups is 1. The molecule has 2 aromatic carbocycles. The summed E-state index contributed by atoms with van der Waals surface area (Å²) in [6.45, 7) is 8.71. The molecule has 0 bridgehead atoms. The first-order valence-corrected chi connectivity index (χ1v) is 11.6. The monoisotopic (exact) mass is 454 g/mol. The molecule has 1 amide bonds. The zero-order valence-corrected chi connectivity index (χ0v) is 19.3. The van der Waals surface area contributed by atoms with Gasteiger partial charge < -0.3 is 14.7 Å². The number of morpholine rings is 1. The third-order valence-corrected chi connectivity index (χ3v) is 7.13. The second-order valence-electron chi connectivity index (χ2n) is 8.63. The third-order valence-electron chi connectivity index (χ3n) is 6.08. The van der Waals surface area contributed by atoms with Gasteiger partial charge in [-0.05, 0) is 64.6 Å². The minimum Gasteiger partial charge on any atom is -0.505 e. The molecule has 1 saturated heterocycles. The number of amidine groups is 1. The van der Waals surface area contributed by atoms with E-state index in [-0.39, 0.29) is 17.1 Å². The summed E-state index contributed by atoms with van der Waals surface area (Å²) in [5.41, 5.74) is 2.56. The van der Waals surface area contributed by atoms with Gasteiger partial charge in [0.25, 0.3) is 5.91 Å². The first-order valence-electron chi connectivity index (χ1n) is 10.8. The molecule has 0 saturated carbocycles. The summed E-state index contributed by atoms with van der Waals surface area (Å²) in [6.07, 6.45) is 2.58. The second kappa shape index (κ2) is 9.08. The highest BCUT2D eigenvalue weighted by molar-refractivity contribution is 8.18. The molecule has 0 atom stereocenters. The summed E-state index contributed by atoms with van der Waals surface area (Å²) in [6, 6.07) is 10.8. The van der Waals surface area contributed by atoms with Crippen LogP contribution in [0, 0.1) is 5.82 Å². The molecule has 1 N–H and O–H groups in total. The van der Waals surface area contributed by atoms with Crippen LogP contribution < -0.4 is 0 Å². The average Bonchev–Trinajstić information content (AvgIpc) is 3.16. The number of rotatable bonds is 4. The Morgan fingerprint density at radius 3 is 2.69 bits per heavy atom. The summed E-state index contributed by atoms with van der Waals surface area (Å²) in [5, 5.41) is 11.0. The van der Waals surface area contributed by atoms with Gasteiger partial charge in [-0.25, -0.2) is 4.39 Å². The molecule has 7 heteroatoms. The van der Waals surface area contributed by atoms with Gasteiger partial charge in [-0.2, -0.15) is 4.99 Å². The minimum atomic E-state index is -0.632. The van der Waals surface area contributed by atoms with Crippen LogP contribution in [0.1, 0.15) is 38.3 Å². The molecule has 0 radical (unpaired) electrons. The molecule has 0 aliphatic carbocycles. The first-order chi connectivity index (χ1) is 15.3. The van der Waals surface area contributed by atoms with E-state index in [1.165, 1.54) is 17.8 Å². The molecule has 1 fully saturated rings. The number of phenolic OH excluding ortho intramolecular Hbond substituents is 1. The van der Waals surface area contributed by atoms with Crippen LogP contribution in [-0.4, -0.2) is 47.4 Å². The molecule has 168 valence electrons. The van der Waals surface area contributed by atoms with Crippen LogP contribution in [0.3, 0.4) is 0 Å². The van der Waals surface area contributed by atoms with Gasteiger partial charge in [0.05, 0.1) is 18.1 Å². The number of halogens is 1. The van der Waals surface area contributed by atoms with Gasteiger partial charge in [-0.15, -0.1) is 0 Å². The van der Waals surface area contributed by atoms with Gasteiger partial charge in [0.2, 0.25) is 0 Å². The summed E-state index contributed by atoms with van der Waals surface area (Å²) < 4.78 is 19.9. The summed E-state index contributed by atoms with van der Waals surface area (Å²) in [4.78, 5) is 19.3. The number of carbonyl (C=O) groups is 1. The van der Waals surface area contributed by atoms with Gasteiger partial charge in [0, 0.05) is 18.7 Å². The summed E-state index contributed by atoms with van der Waals surface area (Å²) >= 11 is 1.37. The number of amides is 1. The molecule has 0 spiro atoms. The number of carbonyl (C=O) groups excluding carboxylic acids is 1. The van der Waals surface area contributed by atoms with Crippen LogP contribution >= 0.6 is 11.8 Å². The fraction of sp³-hybridized carbons (Fsp3) is 0.360. The van der Waals surface area contributed by atoms with Gasteiger partial charge in [0.1, 0.15) is 0 Å². The van der Waals surface area contributed by atoms with E-state index in [1.54, 1.807) is 0 Å². The standard InChI is InChI=1S/C25H27FN2O3S/c1-4-25(2,3)19-14-18(15-20(26)22(19)29)17-7-5-6-16(12-17)13-21-23(30)27-24(32-21)28-8-10-31-11-9-28/h5-7,12-15,29H,4,8-11H2,1-3H3. The van der Waals surface area contributed by atoms with Gasteiger partial charge in [-0.1, -0.05) is 39.0 Å². The lowest BCUT2D eigenvalue weighted by Gasteiger charge is -2.27. The van der Waals surface area contributed by atoms with E-state index in [2.05, 4.69) is 9.89 Å². The SMILES string of the molecule is CCC(C)(C)c1cc(-c2cccc(C=C3SC(N4CCOCC4)=NC3=O)c2)cc(F)c1O. The van der Waals surface area contributed by atoms with Crippen molar-refractivity contribution in [3.63, 3.8) is 0 Å². The highest BCUT2D eigenvalue weighted by atomic mass is 32.2. The van der Waals surface area contributed by atoms with Gasteiger partial charge in [0.15, 0.2) is 16.7 Å². The van der Waals surface area contributed by atoms with Crippen molar-refractivity contribution in [3.8, 4) is 16.9 Å². The molecule has 0 aromatic heterocycles. The topological polar surface area (TPSA) is 62.1 Å². The predicted molar refractivity (Wildman–Crippen MR) is 127 cm³/mol. The molecule has 32 heavy (non-hydrogen) atoms. The van der Waals surface area contributed by atoms with E-state index >= 15 is 0 Å². The lowest BCUT2D eigenvalue weighted by Crippen LogP contribution is -2.38. The number of thioether (sulfide) groups is 1. The van der Waals surface area contributed by atoms with Crippen molar-refractivity contribution < 1.29 is 19.0 Å². The van der Waals surface area contributed by atoms with Crippen LogP contribution in [-0.2, 0) is 14.9 Å². The van der Waals surface area contributed by atoms with Crippen molar-refractivity contribution in [2.24, 2.45) is 4.99 Å². The van der Waals surface area contributed by atoms with Crippen molar-refractivity contribution >= 4 is 28.9 Å². The van der Waals surface area contributed by atoms with Crippen LogP contribution in [0.5, 0.6) is 5.75 Å². The average molecular weight is 455 g/mol. The lowest BCUT2D eigenvalue weighted by atomic mass is 9.80. The lowest BCUT2D eigenvalue weighted by molar-refractivity contribution is -0.113. The fourth-order valence-corrected chi connectivity index (χ4v) is 4.68.